The van der Waals surface area contributed by atoms with Crippen molar-refractivity contribution in [3.05, 3.63) is 29.8 Å². The highest BCUT2D eigenvalue weighted by atomic mass is 16.5. The molecule has 0 saturated carbocycles. The minimum atomic E-state index is -0.729. The molecule has 9 nitrogen and oxygen atoms in total. The van der Waals surface area contributed by atoms with Crippen molar-refractivity contribution in [2.24, 2.45) is 11.7 Å². The lowest BCUT2D eigenvalue weighted by atomic mass is 10.0. The summed E-state index contributed by atoms with van der Waals surface area (Å²) in [6.07, 6.45) is 1.18. The summed E-state index contributed by atoms with van der Waals surface area (Å²) in [6.45, 7) is 11.6. The molecule has 0 aromatic heterocycles. The van der Waals surface area contributed by atoms with Gasteiger partial charge < -0.3 is 25.6 Å². The van der Waals surface area contributed by atoms with Crippen molar-refractivity contribution in [2.75, 3.05) is 50.8 Å². The number of Topliss-reactive ketones (excluding diaryl/α,β-unsaturated/α-hetero) is 1. The number of anilines is 1. The van der Waals surface area contributed by atoms with E-state index in [1.54, 1.807) is 0 Å². The smallest absolute Gasteiger partial charge is 0.251 e. The first kappa shape index (κ1) is 25.6. The molecular formula is C26H39N5O4. The van der Waals surface area contributed by atoms with E-state index in [1.807, 2.05) is 38.1 Å². The molecule has 9 heteroatoms. The van der Waals surface area contributed by atoms with Crippen LogP contribution in [0.2, 0.25) is 0 Å². The quantitative estimate of drug-likeness (QED) is 0.562. The molecule has 192 valence electrons. The van der Waals surface area contributed by atoms with Crippen LogP contribution in [0, 0.1) is 5.92 Å². The monoisotopic (exact) mass is 485 g/mol. The average Bonchev–Trinajstić information content (AvgIpc) is 3.39. The Morgan fingerprint density at radius 1 is 1.14 bits per heavy atom. The molecule has 3 heterocycles. The number of amides is 2. The zero-order valence-electron chi connectivity index (χ0n) is 21.1. The molecule has 3 aliphatic heterocycles. The third-order valence-electron chi connectivity index (χ3n) is 7.22. The van der Waals surface area contributed by atoms with Crippen LogP contribution in [-0.4, -0.2) is 97.5 Å². The Morgan fingerprint density at radius 3 is 2.46 bits per heavy atom. The van der Waals surface area contributed by atoms with Gasteiger partial charge in [0, 0.05) is 44.0 Å². The number of nitrogens with one attached hydrogen (secondary N) is 1. The summed E-state index contributed by atoms with van der Waals surface area (Å²) in [7, 11) is 0. The number of hydrogen-bond acceptors (Lipinski definition) is 7. The lowest BCUT2D eigenvalue weighted by Gasteiger charge is -2.36. The maximum absolute atomic E-state index is 13.5. The summed E-state index contributed by atoms with van der Waals surface area (Å²) in [5.74, 6) is -0.509. The number of likely N-dealkylation sites (tertiary alicyclic amines) is 1. The van der Waals surface area contributed by atoms with Crippen LogP contribution in [0.15, 0.2) is 24.3 Å². The molecule has 0 bridgehead atoms. The Labute approximate surface area is 207 Å². The van der Waals surface area contributed by atoms with Gasteiger partial charge in [-0.1, -0.05) is 20.8 Å². The fourth-order valence-electron chi connectivity index (χ4n) is 5.42. The maximum Gasteiger partial charge on any atom is 0.251 e. The van der Waals surface area contributed by atoms with Crippen LogP contribution in [0.3, 0.4) is 0 Å². The van der Waals surface area contributed by atoms with Gasteiger partial charge in [-0.25, -0.2) is 0 Å². The zero-order chi connectivity index (χ0) is 25.1. The molecule has 4 atom stereocenters. The SMILES string of the molecule is CCCN1CCN(c2ccc(C(=O)NC(CC(C)C)C(=O)N3C[C@@H](N)[C@H]4OCC(=O)[C@H]43)cc2)CC1. The normalized spacial score (nSPS) is 25.7. The molecule has 0 aliphatic carbocycles. The molecule has 0 spiro atoms. The van der Waals surface area contributed by atoms with Crippen molar-refractivity contribution in [3.63, 3.8) is 0 Å². The van der Waals surface area contributed by atoms with Crippen LogP contribution >= 0.6 is 0 Å². The molecule has 3 aliphatic rings. The van der Waals surface area contributed by atoms with E-state index in [1.165, 1.54) is 11.3 Å². The van der Waals surface area contributed by atoms with Crippen LogP contribution < -0.4 is 16.0 Å². The van der Waals surface area contributed by atoms with E-state index in [-0.39, 0.29) is 36.7 Å². The number of nitrogens with zero attached hydrogens (tertiary/aromatic N) is 3. The Bertz CT molecular complexity index is 913. The molecule has 3 saturated heterocycles. The number of hydrogen-bond donors (Lipinski definition) is 2. The second-order valence-corrected chi connectivity index (χ2v) is 10.4. The average molecular weight is 486 g/mol. The predicted molar refractivity (Wildman–Crippen MR) is 134 cm³/mol. The summed E-state index contributed by atoms with van der Waals surface area (Å²) in [5.41, 5.74) is 7.75. The van der Waals surface area contributed by atoms with Gasteiger partial charge in [0.2, 0.25) is 5.91 Å². The molecule has 1 aromatic rings. The van der Waals surface area contributed by atoms with Crippen molar-refractivity contribution in [1.82, 2.24) is 15.1 Å². The van der Waals surface area contributed by atoms with Crippen molar-refractivity contribution < 1.29 is 19.1 Å². The van der Waals surface area contributed by atoms with Gasteiger partial charge in [-0.2, -0.15) is 0 Å². The summed E-state index contributed by atoms with van der Waals surface area (Å²) in [5, 5.41) is 2.93. The number of ether oxygens (including phenoxy) is 1. The van der Waals surface area contributed by atoms with E-state index >= 15 is 0 Å². The third kappa shape index (κ3) is 5.68. The Hall–Kier alpha value is -2.49. The summed E-state index contributed by atoms with van der Waals surface area (Å²) in [4.78, 5) is 45.2. The highest BCUT2D eigenvalue weighted by molar-refractivity contribution is 5.99. The number of ketones is 1. The van der Waals surface area contributed by atoms with Crippen LogP contribution in [0.25, 0.3) is 0 Å². The van der Waals surface area contributed by atoms with Crippen LogP contribution in [0.5, 0.6) is 0 Å². The first-order valence-corrected chi connectivity index (χ1v) is 12.9. The molecule has 35 heavy (non-hydrogen) atoms. The van der Waals surface area contributed by atoms with Gasteiger partial charge in [0.1, 0.15) is 24.8 Å². The topological polar surface area (TPSA) is 108 Å². The predicted octanol–water partition coefficient (Wildman–Crippen LogP) is 0.869. The van der Waals surface area contributed by atoms with Crippen molar-refractivity contribution >= 4 is 23.3 Å². The second-order valence-electron chi connectivity index (χ2n) is 10.4. The Balaban J connectivity index is 1.40. The molecule has 3 fully saturated rings. The van der Waals surface area contributed by atoms with E-state index in [0.717, 1.165) is 38.4 Å². The fourth-order valence-corrected chi connectivity index (χ4v) is 5.42. The number of nitrogens with two attached hydrogens (primary N) is 1. The number of rotatable bonds is 8. The van der Waals surface area contributed by atoms with Gasteiger partial charge in [0.15, 0.2) is 5.78 Å². The number of carbonyl (C=O) groups is 3. The van der Waals surface area contributed by atoms with E-state index in [0.29, 0.717) is 12.0 Å². The molecule has 3 N–H and O–H groups in total. The van der Waals surface area contributed by atoms with Gasteiger partial charge in [0.25, 0.3) is 5.91 Å². The van der Waals surface area contributed by atoms with Crippen LogP contribution in [0.1, 0.15) is 44.0 Å². The minimum Gasteiger partial charge on any atom is -0.369 e. The largest absolute Gasteiger partial charge is 0.369 e. The van der Waals surface area contributed by atoms with Crippen LogP contribution in [-0.2, 0) is 14.3 Å². The number of carbonyl (C=O) groups excluding carboxylic acids is 3. The molecular weight excluding hydrogens is 446 g/mol. The van der Waals surface area contributed by atoms with E-state index in [2.05, 4.69) is 22.0 Å². The molecule has 2 amide bonds. The molecule has 4 rings (SSSR count). The fraction of sp³-hybridized carbons (Fsp3) is 0.654. The molecule has 0 radical (unpaired) electrons. The van der Waals surface area contributed by atoms with Crippen molar-refractivity contribution in [3.8, 4) is 0 Å². The Morgan fingerprint density at radius 2 is 1.83 bits per heavy atom. The van der Waals surface area contributed by atoms with Crippen molar-refractivity contribution in [2.45, 2.75) is 57.8 Å². The first-order valence-electron chi connectivity index (χ1n) is 12.9. The van der Waals surface area contributed by atoms with Crippen molar-refractivity contribution in [1.29, 1.82) is 0 Å². The van der Waals surface area contributed by atoms with E-state index < -0.39 is 24.2 Å². The Kier molecular flexibility index (Phi) is 8.09. The molecule has 1 aromatic carbocycles. The maximum atomic E-state index is 13.5. The molecule has 1 unspecified atom stereocenters. The second kappa shape index (κ2) is 11.1. The van der Waals surface area contributed by atoms with E-state index in [9.17, 15) is 14.4 Å². The van der Waals surface area contributed by atoms with E-state index in [4.69, 9.17) is 10.5 Å². The minimum absolute atomic E-state index is 0.0198. The highest BCUT2D eigenvalue weighted by Gasteiger charge is 2.52. The number of benzene rings is 1. The highest BCUT2D eigenvalue weighted by Crippen LogP contribution is 2.28. The number of fused-ring (bicyclic) bond motifs is 1. The van der Waals surface area contributed by atoms with Gasteiger partial charge in [-0.05, 0) is 49.6 Å². The first-order chi connectivity index (χ1) is 16.8. The third-order valence-corrected chi connectivity index (χ3v) is 7.22. The zero-order valence-corrected chi connectivity index (χ0v) is 21.1. The standard InChI is InChI=1S/C26H39N5O4/c1-4-9-29-10-12-30(13-11-29)19-7-5-18(6-8-19)25(33)28-21(14-17(2)3)26(34)31-15-20(27)24-23(31)22(32)16-35-24/h5-8,17,20-21,23-24H,4,9-16,27H2,1-3H3,(H,28,33)/t20-,21?,23-,24-/m1/s1. The summed E-state index contributed by atoms with van der Waals surface area (Å²) in [6, 6.07) is 5.80. The van der Waals surface area contributed by atoms with Crippen LogP contribution in [0.4, 0.5) is 5.69 Å². The number of piperazine rings is 1. The van der Waals surface area contributed by atoms with Gasteiger partial charge in [-0.15, -0.1) is 0 Å². The lowest BCUT2D eigenvalue weighted by Crippen LogP contribution is -2.52. The lowest BCUT2D eigenvalue weighted by molar-refractivity contribution is -0.138. The summed E-state index contributed by atoms with van der Waals surface area (Å²) >= 11 is 0. The summed E-state index contributed by atoms with van der Waals surface area (Å²) < 4.78 is 5.51. The van der Waals surface area contributed by atoms with Gasteiger partial charge in [0.05, 0.1) is 6.04 Å². The van der Waals surface area contributed by atoms with Gasteiger partial charge in [-0.3, -0.25) is 19.3 Å². The van der Waals surface area contributed by atoms with Gasteiger partial charge >= 0.3 is 0 Å².